The number of hydrogen-bond donors (Lipinski definition) is 1. The first-order valence-corrected chi connectivity index (χ1v) is 11.1. The maximum Gasteiger partial charge on any atom is 0.317 e. The lowest BCUT2D eigenvalue weighted by Crippen LogP contribution is -2.46. The minimum atomic E-state index is -0.0213. The van der Waals surface area contributed by atoms with Crippen LogP contribution < -0.4 is 10.1 Å². The molecule has 0 spiro atoms. The number of hydrogen-bond acceptors (Lipinski definition) is 4. The smallest absolute Gasteiger partial charge is 0.317 e. The second-order valence-electron chi connectivity index (χ2n) is 7.56. The van der Waals surface area contributed by atoms with E-state index in [1.807, 2.05) is 28.9 Å². The van der Waals surface area contributed by atoms with Gasteiger partial charge in [-0.05, 0) is 49.8 Å². The van der Waals surface area contributed by atoms with E-state index in [0.29, 0.717) is 5.92 Å². The number of likely N-dealkylation sites (tertiary alicyclic amines) is 1. The molecule has 2 aliphatic rings. The molecule has 1 aromatic rings. The summed E-state index contributed by atoms with van der Waals surface area (Å²) in [4.78, 5) is 28.8. The van der Waals surface area contributed by atoms with Gasteiger partial charge in [0.05, 0.1) is 12.4 Å². The van der Waals surface area contributed by atoms with Gasteiger partial charge in [-0.15, -0.1) is 11.8 Å². The van der Waals surface area contributed by atoms with Crippen LogP contribution in [0.1, 0.15) is 44.0 Å². The van der Waals surface area contributed by atoms with Gasteiger partial charge in [-0.1, -0.05) is 19.1 Å². The molecule has 6 nitrogen and oxygen atoms in total. The van der Waals surface area contributed by atoms with Crippen LogP contribution >= 0.6 is 11.8 Å². The van der Waals surface area contributed by atoms with Crippen LogP contribution in [0.5, 0.6) is 5.75 Å². The van der Waals surface area contributed by atoms with Crippen molar-refractivity contribution in [2.75, 3.05) is 33.3 Å². The van der Waals surface area contributed by atoms with Crippen molar-refractivity contribution in [2.24, 2.45) is 5.92 Å². The molecule has 2 fully saturated rings. The number of carbonyl (C=O) groups excluding carboxylic acids is 2. The predicted octanol–water partition coefficient (Wildman–Crippen LogP) is 3.49. The summed E-state index contributed by atoms with van der Waals surface area (Å²) in [6.45, 7) is 7.05. The van der Waals surface area contributed by atoms with Crippen molar-refractivity contribution in [3.63, 3.8) is 0 Å². The van der Waals surface area contributed by atoms with E-state index in [0.717, 1.165) is 56.8 Å². The van der Waals surface area contributed by atoms with Gasteiger partial charge >= 0.3 is 6.03 Å². The first-order valence-electron chi connectivity index (χ1n) is 10.2. The molecule has 154 valence electrons. The lowest BCUT2D eigenvalue weighted by molar-refractivity contribution is -0.130. The van der Waals surface area contributed by atoms with Crippen LogP contribution in [-0.2, 0) is 4.79 Å². The number of methoxy groups -OCH3 is 1. The minimum Gasteiger partial charge on any atom is -0.497 e. The molecule has 28 heavy (non-hydrogen) atoms. The fourth-order valence-electron chi connectivity index (χ4n) is 3.83. The van der Waals surface area contributed by atoms with Gasteiger partial charge in [-0.3, -0.25) is 4.79 Å². The maximum absolute atomic E-state index is 12.8. The quantitative estimate of drug-likeness (QED) is 0.787. The zero-order valence-corrected chi connectivity index (χ0v) is 17.8. The molecule has 2 atom stereocenters. The average Bonchev–Trinajstić information content (AvgIpc) is 3.01. The van der Waals surface area contributed by atoms with E-state index in [4.69, 9.17) is 4.74 Å². The molecule has 2 aliphatic heterocycles. The molecule has 0 radical (unpaired) electrons. The van der Waals surface area contributed by atoms with Crippen LogP contribution in [0.3, 0.4) is 0 Å². The van der Waals surface area contributed by atoms with E-state index < -0.39 is 0 Å². The molecule has 0 aromatic heterocycles. The summed E-state index contributed by atoms with van der Waals surface area (Å²) >= 11 is 1.71. The van der Waals surface area contributed by atoms with Crippen molar-refractivity contribution >= 4 is 23.7 Å². The second-order valence-corrected chi connectivity index (χ2v) is 8.98. The fraction of sp³-hybridized carbons (Fsp3) is 0.619. The van der Waals surface area contributed by atoms with Crippen molar-refractivity contribution in [1.29, 1.82) is 0 Å². The third-order valence-corrected chi connectivity index (χ3v) is 6.93. The molecule has 7 heteroatoms. The number of ether oxygens (including phenoxy) is 1. The molecule has 2 heterocycles. The van der Waals surface area contributed by atoms with Crippen molar-refractivity contribution in [2.45, 2.75) is 43.7 Å². The molecular formula is C21H31N3O3S. The van der Waals surface area contributed by atoms with Crippen molar-refractivity contribution in [3.05, 3.63) is 29.8 Å². The van der Waals surface area contributed by atoms with E-state index in [1.165, 1.54) is 0 Å². The topological polar surface area (TPSA) is 61.9 Å². The minimum absolute atomic E-state index is 0.0213. The second kappa shape index (κ2) is 9.54. The predicted molar refractivity (Wildman–Crippen MR) is 112 cm³/mol. The lowest BCUT2D eigenvalue weighted by Gasteiger charge is -2.35. The van der Waals surface area contributed by atoms with Crippen LogP contribution in [0.4, 0.5) is 4.79 Å². The summed E-state index contributed by atoms with van der Waals surface area (Å²) < 4.78 is 5.25. The Hall–Kier alpha value is -1.89. The number of urea groups is 1. The third-order valence-electron chi connectivity index (χ3n) is 5.53. The Morgan fingerprint density at radius 3 is 2.54 bits per heavy atom. The van der Waals surface area contributed by atoms with Gasteiger partial charge < -0.3 is 19.9 Å². The molecule has 0 aliphatic carbocycles. The van der Waals surface area contributed by atoms with Gasteiger partial charge in [0, 0.05) is 26.2 Å². The Morgan fingerprint density at radius 1 is 1.25 bits per heavy atom. The Morgan fingerprint density at radius 2 is 1.93 bits per heavy atom. The maximum atomic E-state index is 12.8. The van der Waals surface area contributed by atoms with Gasteiger partial charge in [0.25, 0.3) is 0 Å². The summed E-state index contributed by atoms with van der Waals surface area (Å²) in [6, 6.07) is 8.05. The van der Waals surface area contributed by atoms with Crippen LogP contribution in [0, 0.1) is 5.92 Å². The Bertz CT molecular complexity index is 674. The van der Waals surface area contributed by atoms with E-state index in [9.17, 15) is 9.59 Å². The number of nitrogens with zero attached hydrogens (tertiary/aromatic N) is 2. The largest absolute Gasteiger partial charge is 0.497 e. The van der Waals surface area contributed by atoms with Gasteiger partial charge in [-0.25, -0.2) is 4.79 Å². The summed E-state index contributed by atoms with van der Waals surface area (Å²) in [5.74, 6) is 1.48. The number of nitrogens with one attached hydrogen (secondary N) is 1. The van der Waals surface area contributed by atoms with Gasteiger partial charge in [0.15, 0.2) is 0 Å². The van der Waals surface area contributed by atoms with E-state index in [-0.39, 0.29) is 22.6 Å². The van der Waals surface area contributed by atoms with Gasteiger partial charge in [0.1, 0.15) is 11.1 Å². The molecule has 0 saturated carbocycles. The first kappa shape index (κ1) is 20.8. The standard InChI is InChI=1S/C21H31N3O3S/c1-4-11-22-21(26)23-12-9-16(10-13-23)14-24-19(25)15(2)28-20(24)17-5-7-18(27-3)8-6-17/h5-8,15-16,20H,4,9-14H2,1-3H3,(H,22,26). The Labute approximate surface area is 172 Å². The van der Waals surface area contributed by atoms with E-state index >= 15 is 0 Å². The summed E-state index contributed by atoms with van der Waals surface area (Å²) in [6.07, 6.45) is 2.83. The number of thioether (sulfide) groups is 1. The highest BCUT2D eigenvalue weighted by molar-refractivity contribution is 8.01. The fourth-order valence-corrected chi connectivity index (χ4v) is 5.12. The highest BCUT2D eigenvalue weighted by Gasteiger charge is 2.39. The molecule has 3 amide bonds. The molecule has 3 rings (SSSR count). The molecule has 1 N–H and O–H groups in total. The molecular weight excluding hydrogens is 374 g/mol. The molecule has 1 aromatic carbocycles. The molecule has 0 bridgehead atoms. The van der Waals surface area contributed by atoms with Crippen molar-refractivity contribution in [1.82, 2.24) is 15.1 Å². The molecule has 2 saturated heterocycles. The van der Waals surface area contributed by atoms with Gasteiger partial charge in [-0.2, -0.15) is 0 Å². The Kier molecular flexibility index (Phi) is 7.10. The van der Waals surface area contributed by atoms with E-state index in [1.54, 1.807) is 18.9 Å². The van der Waals surface area contributed by atoms with Crippen LogP contribution in [-0.4, -0.2) is 60.3 Å². The van der Waals surface area contributed by atoms with Crippen LogP contribution in [0.25, 0.3) is 0 Å². The highest BCUT2D eigenvalue weighted by atomic mass is 32.2. The van der Waals surface area contributed by atoms with Crippen molar-refractivity contribution in [3.8, 4) is 5.75 Å². The zero-order chi connectivity index (χ0) is 20.1. The number of rotatable bonds is 6. The number of benzene rings is 1. The first-order chi connectivity index (χ1) is 13.5. The third kappa shape index (κ3) is 4.74. The summed E-state index contributed by atoms with van der Waals surface area (Å²) in [5.41, 5.74) is 1.14. The van der Waals surface area contributed by atoms with E-state index in [2.05, 4.69) is 24.4 Å². The highest BCUT2D eigenvalue weighted by Crippen LogP contribution is 2.44. The SMILES string of the molecule is CCCNC(=O)N1CCC(CN2C(=O)C(C)SC2c2ccc(OC)cc2)CC1. The molecule has 2 unspecified atom stereocenters. The number of amides is 3. The normalized spacial score (nSPS) is 23.2. The average molecular weight is 406 g/mol. The Balaban J connectivity index is 1.60. The lowest BCUT2D eigenvalue weighted by atomic mass is 9.96. The zero-order valence-electron chi connectivity index (χ0n) is 17.0. The summed E-state index contributed by atoms with van der Waals surface area (Å²) in [7, 11) is 1.66. The monoisotopic (exact) mass is 405 g/mol. The number of piperidine rings is 1. The summed E-state index contributed by atoms with van der Waals surface area (Å²) in [5, 5.41) is 2.98. The van der Waals surface area contributed by atoms with Crippen molar-refractivity contribution < 1.29 is 14.3 Å². The number of carbonyl (C=O) groups is 2. The van der Waals surface area contributed by atoms with Crippen LogP contribution in [0.15, 0.2) is 24.3 Å². The van der Waals surface area contributed by atoms with Gasteiger partial charge in [0.2, 0.25) is 5.91 Å². The van der Waals surface area contributed by atoms with Crippen LogP contribution in [0.2, 0.25) is 0 Å².